The molecular formula is C16H18O4. The molecule has 1 aliphatic carbocycles. The van der Waals surface area contributed by atoms with Gasteiger partial charge in [-0.05, 0) is 19.1 Å². The van der Waals surface area contributed by atoms with Crippen molar-refractivity contribution in [3.05, 3.63) is 35.9 Å². The Labute approximate surface area is 118 Å². The van der Waals surface area contributed by atoms with Gasteiger partial charge in [0.1, 0.15) is 11.9 Å². The van der Waals surface area contributed by atoms with E-state index in [0.717, 1.165) is 16.9 Å². The molecule has 2 aliphatic rings. The summed E-state index contributed by atoms with van der Waals surface area (Å²) in [4.78, 5) is 11.9. The van der Waals surface area contributed by atoms with Gasteiger partial charge in [-0.25, -0.2) is 0 Å². The van der Waals surface area contributed by atoms with Crippen LogP contribution in [0.5, 0.6) is 5.75 Å². The molecule has 0 spiro atoms. The first-order valence-corrected chi connectivity index (χ1v) is 6.91. The zero-order valence-corrected chi connectivity index (χ0v) is 11.7. The molecule has 0 unspecified atom stereocenters. The Kier molecular flexibility index (Phi) is 3.49. The molecule has 1 aliphatic heterocycles. The van der Waals surface area contributed by atoms with Gasteiger partial charge in [0.25, 0.3) is 0 Å². The second-order valence-electron chi connectivity index (χ2n) is 5.01. The molecule has 1 aromatic carbocycles. The SMILES string of the molecule is CCO[C@@H]1C=C2c3ccccc3O[C@@H]2C[C@@H]1C(=O)OC. The lowest BCUT2D eigenvalue weighted by Crippen LogP contribution is -2.38. The van der Waals surface area contributed by atoms with Crippen LogP contribution >= 0.6 is 0 Å². The van der Waals surface area contributed by atoms with E-state index < -0.39 is 0 Å². The van der Waals surface area contributed by atoms with Gasteiger partial charge < -0.3 is 14.2 Å². The Balaban J connectivity index is 1.95. The van der Waals surface area contributed by atoms with E-state index in [1.165, 1.54) is 7.11 Å². The predicted octanol–water partition coefficient (Wildman–Crippen LogP) is 2.43. The third-order valence-corrected chi connectivity index (χ3v) is 3.89. The summed E-state index contributed by atoms with van der Waals surface area (Å²) in [5.74, 6) is 0.339. The fraction of sp³-hybridized carbons (Fsp3) is 0.438. The Morgan fingerprint density at radius 1 is 1.40 bits per heavy atom. The molecule has 0 N–H and O–H groups in total. The maximum absolute atomic E-state index is 11.9. The number of hydrogen-bond donors (Lipinski definition) is 0. The zero-order chi connectivity index (χ0) is 14.1. The van der Waals surface area contributed by atoms with Crippen LogP contribution in [0, 0.1) is 5.92 Å². The highest BCUT2D eigenvalue weighted by molar-refractivity contribution is 5.82. The monoisotopic (exact) mass is 274 g/mol. The first-order chi connectivity index (χ1) is 9.74. The molecule has 3 atom stereocenters. The van der Waals surface area contributed by atoms with Crippen molar-refractivity contribution in [2.24, 2.45) is 5.92 Å². The summed E-state index contributed by atoms with van der Waals surface area (Å²) in [5, 5.41) is 0. The molecule has 0 radical (unpaired) electrons. The molecule has 20 heavy (non-hydrogen) atoms. The van der Waals surface area contributed by atoms with Crippen LogP contribution < -0.4 is 4.74 Å². The van der Waals surface area contributed by atoms with E-state index in [-0.39, 0.29) is 24.1 Å². The molecular weight excluding hydrogens is 256 g/mol. The number of hydrogen-bond acceptors (Lipinski definition) is 4. The highest BCUT2D eigenvalue weighted by atomic mass is 16.5. The molecule has 4 nitrogen and oxygen atoms in total. The Morgan fingerprint density at radius 2 is 2.20 bits per heavy atom. The Hall–Kier alpha value is -1.81. The molecule has 0 saturated heterocycles. The smallest absolute Gasteiger partial charge is 0.311 e. The van der Waals surface area contributed by atoms with Gasteiger partial charge in [0.15, 0.2) is 0 Å². The minimum Gasteiger partial charge on any atom is -0.485 e. The van der Waals surface area contributed by atoms with Crippen molar-refractivity contribution in [2.75, 3.05) is 13.7 Å². The van der Waals surface area contributed by atoms with Gasteiger partial charge >= 0.3 is 5.97 Å². The Bertz CT molecular complexity index is 549. The first kappa shape index (κ1) is 13.2. The van der Waals surface area contributed by atoms with Gasteiger partial charge in [0, 0.05) is 24.2 Å². The maximum atomic E-state index is 11.9. The number of rotatable bonds is 3. The zero-order valence-electron chi connectivity index (χ0n) is 11.7. The van der Waals surface area contributed by atoms with E-state index in [0.29, 0.717) is 13.0 Å². The van der Waals surface area contributed by atoms with Crippen LogP contribution in [0.4, 0.5) is 0 Å². The van der Waals surface area contributed by atoms with Gasteiger partial charge in [-0.15, -0.1) is 0 Å². The van der Waals surface area contributed by atoms with Gasteiger partial charge in [-0.2, -0.15) is 0 Å². The lowest BCUT2D eigenvalue weighted by Gasteiger charge is -2.30. The van der Waals surface area contributed by atoms with Gasteiger partial charge in [0.05, 0.1) is 19.1 Å². The molecule has 0 amide bonds. The van der Waals surface area contributed by atoms with Crippen LogP contribution in [0.3, 0.4) is 0 Å². The van der Waals surface area contributed by atoms with Gasteiger partial charge in [-0.3, -0.25) is 4.79 Å². The number of benzene rings is 1. The van der Waals surface area contributed by atoms with Crippen LogP contribution in [-0.2, 0) is 14.3 Å². The van der Waals surface area contributed by atoms with E-state index in [1.54, 1.807) is 0 Å². The molecule has 106 valence electrons. The average Bonchev–Trinajstić information content (AvgIpc) is 2.84. The summed E-state index contributed by atoms with van der Waals surface area (Å²) in [7, 11) is 1.41. The lowest BCUT2D eigenvalue weighted by molar-refractivity contribution is -0.151. The minimum absolute atomic E-state index is 0.0757. The average molecular weight is 274 g/mol. The van der Waals surface area contributed by atoms with E-state index in [2.05, 4.69) is 0 Å². The van der Waals surface area contributed by atoms with E-state index in [4.69, 9.17) is 14.2 Å². The summed E-state index contributed by atoms with van der Waals surface area (Å²) in [6, 6.07) is 7.95. The molecule has 0 aromatic heterocycles. The molecule has 3 rings (SSSR count). The molecule has 0 fully saturated rings. The molecule has 1 aromatic rings. The first-order valence-electron chi connectivity index (χ1n) is 6.91. The fourth-order valence-electron chi connectivity index (χ4n) is 2.97. The summed E-state index contributed by atoms with van der Waals surface area (Å²) in [6.45, 7) is 2.49. The predicted molar refractivity (Wildman–Crippen MR) is 74.4 cm³/mol. The lowest BCUT2D eigenvalue weighted by atomic mass is 9.83. The summed E-state index contributed by atoms with van der Waals surface area (Å²) in [6.07, 6.45) is 2.30. The Morgan fingerprint density at radius 3 is 2.95 bits per heavy atom. The number of methoxy groups -OCH3 is 1. The van der Waals surface area contributed by atoms with Gasteiger partial charge in [-0.1, -0.05) is 18.2 Å². The van der Waals surface area contributed by atoms with Crippen molar-refractivity contribution in [1.29, 1.82) is 0 Å². The van der Waals surface area contributed by atoms with Crippen LogP contribution in [0.15, 0.2) is 30.3 Å². The third-order valence-electron chi connectivity index (χ3n) is 3.89. The summed E-state index contributed by atoms with van der Waals surface area (Å²) >= 11 is 0. The standard InChI is InChI=1S/C16H18O4/c1-3-19-14-8-11-10-6-4-5-7-13(10)20-15(11)9-12(14)16(17)18-2/h4-8,12,14-15H,3,9H2,1-2H3/t12-,14+,15+/m0/s1. The molecule has 1 heterocycles. The number of carbonyl (C=O) groups excluding carboxylic acids is 1. The number of esters is 1. The van der Waals surface area contributed by atoms with Crippen LogP contribution in [0.25, 0.3) is 5.57 Å². The van der Waals surface area contributed by atoms with Crippen molar-refractivity contribution in [3.8, 4) is 5.75 Å². The minimum atomic E-state index is -0.303. The fourth-order valence-corrected chi connectivity index (χ4v) is 2.97. The molecule has 4 heteroatoms. The highest BCUT2D eigenvalue weighted by Gasteiger charge is 2.41. The normalized spacial score (nSPS) is 27.1. The van der Waals surface area contributed by atoms with Crippen LogP contribution in [0.2, 0.25) is 0 Å². The molecule has 0 saturated carbocycles. The number of para-hydroxylation sites is 1. The second-order valence-corrected chi connectivity index (χ2v) is 5.01. The third kappa shape index (κ3) is 2.10. The van der Waals surface area contributed by atoms with Crippen molar-refractivity contribution >= 4 is 11.5 Å². The van der Waals surface area contributed by atoms with Crippen LogP contribution in [0.1, 0.15) is 18.9 Å². The van der Waals surface area contributed by atoms with E-state index >= 15 is 0 Å². The summed E-state index contributed by atoms with van der Waals surface area (Å²) < 4.78 is 16.5. The van der Waals surface area contributed by atoms with Gasteiger partial charge in [0.2, 0.25) is 0 Å². The van der Waals surface area contributed by atoms with E-state index in [1.807, 2.05) is 37.3 Å². The summed E-state index contributed by atoms with van der Waals surface area (Å²) in [5.41, 5.74) is 2.23. The van der Waals surface area contributed by atoms with Crippen molar-refractivity contribution in [3.63, 3.8) is 0 Å². The molecule has 0 bridgehead atoms. The number of fused-ring (bicyclic) bond motifs is 3. The number of ether oxygens (including phenoxy) is 3. The number of carbonyl (C=O) groups is 1. The second kappa shape index (κ2) is 5.29. The largest absolute Gasteiger partial charge is 0.485 e. The maximum Gasteiger partial charge on any atom is 0.311 e. The quantitative estimate of drug-likeness (QED) is 0.794. The van der Waals surface area contributed by atoms with Crippen molar-refractivity contribution < 1.29 is 19.0 Å². The van der Waals surface area contributed by atoms with Crippen molar-refractivity contribution in [2.45, 2.75) is 25.6 Å². The van der Waals surface area contributed by atoms with E-state index in [9.17, 15) is 4.79 Å². The van der Waals surface area contributed by atoms with Crippen molar-refractivity contribution in [1.82, 2.24) is 0 Å². The van der Waals surface area contributed by atoms with Crippen LogP contribution in [-0.4, -0.2) is 31.9 Å². The highest BCUT2D eigenvalue weighted by Crippen LogP contribution is 2.43. The topological polar surface area (TPSA) is 44.8 Å².